The van der Waals surface area contributed by atoms with Crippen LogP contribution in [-0.2, 0) is 27.1 Å². The monoisotopic (exact) mass is 548 g/mol. The highest BCUT2D eigenvalue weighted by Crippen LogP contribution is 2.27. The fourth-order valence-corrected chi connectivity index (χ4v) is 6.58. The number of benzene rings is 2. The van der Waals surface area contributed by atoms with Gasteiger partial charge in [-0.05, 0) is 67.2 Å². The van der Waals surface area contributed by atoms with E-state index in [1.165, 1.54) is 18.6 Å². The van der Waals surface area contributed by atoms with Crippen molar-refractivity contribution in [3.63, 3.8) is 0 Å². The van der Waals surface area contributed by atoms with E-state index in [-0.39, 0.29) is 23.5 Å². The van der Waals surface area contributed by atoms with Crippen LogP contribution in [0.25, 0.3) is 17.3 Å². The Bertz CT molecular complexity index is 1470. The van der Waals surface area contributed by atoms with Crippen molar-refractivity contribution in [3.05, 3.63) is 95.1 Å². The van der Waals surface area contributed by atoms with Gasteiger partial charge in [0.2, 0.25) is 10.0 Å². The van der Waals surface area contributed by atoms with E-state index in [1.807, 2.05) is 30.4 Å². The number of carbonyl (C=O) groups excluding carboxylic acids is 1. The molecule has 9 heteroatoms. The van der Waals surface area contributed by atoms with Crippen LogP contribution in [0.1, 0.15) is 67.3 Å². The van der Waals surface area contributed by atoms with E-state index in [0.717, 1.165) is 49.8 Å². The molecule has 1 fully saturated rings. The molecular weight excluding hydrogens is 515 g/mol. The first kappa shape index (κ1) is 27.0. The third-order valence-corrected chi connectivity index (χ3v) is 8.56. The Labute approximate surface area is 228 Å². The molecule has 7 nitrogen and oxygen atoms in total. The number of nitrogens with one attached hydrogen (secondary N) is 2. The minimum absolute atomic E-state index is 0.0413. The average Bonchev–Trinajstić information content (AvgIpc) is 3.31. The van der Waals surface area contributed by atoms with Gasteiger partial charge in [-0.3, -0.25) is 4.79 Å². The Hall–Kier alpha value is -3.56. The standard InChI is InChI=1S/C30H33FN4O3S/c31-24-15-17-26(18-16-24)35-29-10-6-2-5-9-27(28(29)20-33-35)30(36)32-19-22-11-13-23(14-12-22)21-39(37,38)34-25-7-3-1-4-8-25/h6,9-18,20,25,34H,1-5,7-8,19,21H2,(H,32,36). The van der Waals surface area contributed by atoms with Crippen LogP contribution in [-0.4, -0.2) is 30.1 Å². The molecule has 1 aromatic heterocycles. The van der Waals surface area contributed by atoms with Gasteiger partial charge in [-0.2, -0.15) is 5.10 Å². The second kappa shape index (κ2) is 12.1. The summed E-state index contributed by atoms with van der Waals surface area (Å²) >= 11 is 0. The predicted molar refractivity (Wildman–Crippen MR) is 151 cm³/mol. The topological polar surface area (TPSA) is 93.1 Å². The zero-order valence-corrected chi connectivity index (χ0v) is 22.6. The van der Waals surface area contributed by atoms with E-state index in [2.05, 4.69) is 15.1 Å². The Morgan fingerprint density at radius 2 is 1.69 bits per heavy atom. The predicted octanol–water partition coefficient (Wildman–Crippen LogP) is 5.27. The van der Waals surface area contributed by atoms with Crippen LogP contribution in [0.3, 0.4) is 0 Å². The van der Waals surface area contributed by atoms with Gasteiger partial charge in [0.1, 0.15) is 5.82 Å². The third-order valence-electron chi connectivity index (χ3n) is 7.15. The first-order valence-corrected chi connectivity index (χ1v) is 15.1. The summed E-state index contributed by atoms with van der Waals surface area (Å²) in [5.74, 6) is -0.596. The highest BCUT2D eigenvalue weighted by atomic mass is 32.2. The molecule has 0 bridgehead atoms. The highest BCUT2D eigenvalue weighted by molar-refractivity contribution is 7.88. The number of sulfonamides is 1. The summed E-state index contributed by atoms with van der Waals surface area (Å²) in [7, 11) is -3.40. The molecular formula is C30H33FN4O3S. The van der Waals surface area contributed by atoms with E-state index in [9.17, 15) is 17.6 Å². The van der Waals surface area contributed by atoms with Crippen LogP contribution in [0.15, 0.2) is 66.9 Å². The van der Waals surface area contributed by atoms with Crippen LogP contribution in [0.5, 0.6) is 0 Å². The van der Waals surface area contributed by atoms with Gasteiger partial charge in [0.15, 0.2) is 0 Å². The highest BCUT2D eigenvalue weighted by Gasteiger charge is 2.22. The maximum atomic E-state index is 13.4. The molecule has 2 aliphatic rings. The smallest absolute Gasteiger partial charge is 0.251 e. The van der Waals surface area contributed by atoms with E-state index < -0.39 is 10.0 Å². The quantitative estimate of drug-likeness (QED) is 0.401. The summed E-state index contributed by atoms with van der Waals surface area (Å²) in [6.07, 6.45) is 14.2. The summed E-state index contributed by atoms with van der Waals surface area (Å²) in [6.45, 7) is 0.306. The van der Waals surface area contributed by atoms with Gasteiger partial charge < -0.3 is 5.32 Å². The van der Waals surface area contributed by atoms with Crippen molar-refractivity contribution in [2.75, 3.05) is 0 Å². The normalized spacial score (nSPS) is 16.2. The summed E-state index contributed by atoms with van der Waals surface area (Å²) in [5.41, 5.74) is 4.30. The number of hydrogen-bond acceptors (Lipinski definition) is 4. The molecule has 0 radical (unpaired) electrons. The molecule has 1 amide bonds. The van der Waals surface area contributed by atoms with Gasteiger partial charge in [0.05, 0.1) is 23.3 Å². The van der Waals surface area contributed by atoms with E-state index >= 15 is 0 Å². The van der Waals surface area contributed by atoms with Crippen molar-refractivity contribution in [1.29, 1.82) is 0 Å². The molecule has 5 rings (SSSR count). The number of fused-ring (bicyclic) bond motifs is 1. The number of rotatable bonds is 8. The lowest BCUT2D eigenvalue weighted by Gasteiger charge is -2.22. The van der Waals surface area contributed by atoms with Crippen LogP contribution >= 0.6 is 0 Å². The van der Waals surface area contributed by atoms with E-state index in [1.54, 1.807) is 35.1 Å². The Balaban J connectivity index is 1.23. The molecule has 0 unspecified atom stereocenters. The number of halogens is 1. The fourth-order valence-electron chi connectivity index (χ4n) is 5.12. The van der Waals surface area contributed by atoms with Crippen molar-refractivity contribution in [3.8, 4) is 5.69 Å². The van der Waals surface area contributed by atoms with Crippen molar-refractivity contribution in [1.82, 2.24) is 19.8 Å². The van der Waals surface area contributed by atoms with Crippen molar-refractivity contribution in [2.24, 2.45) is 0 Å². The Morgan fingerprint density at radius 3 is 2.44 bits per heavy atom. The molecule has 0 saturated heterocycles. The van der Waals surface area contributed by atoms with Gasteiger partial charge in [-0.1, -0.05) is 55.7 Å². The van der Waals surface area contributed by atoms with E-state index in [0.29, 0.717) is 28.9 Å². The summed E-state index contributed by atoms with van der Waals surface area (Å²) in [4.78, 5) is 13.3. The van der Waals surface area contributed by atoms with Crippen LogP contribution < -0.4 is 10.0 Å². The Kier molecular flexibility index (Phi) is 8.38. The van der Waals surface area contributed by atoms with Crippen molar-refractivity contribution in [2.45, 2.75) is 63.3 Å². The first-order valence-electron chi connectivity index (χ1n) is 13.4. The van der Waals surface area contributed by atoms with E-state index in [4.69, 9.17) is 0 Å². The number of aromatic nitrogens is 2. The molecule has 0 atom stereocenters. The SMILES string of the molecule is O=C(NCc1ccc(CS(=O)(=O)NC2CCCCC2)cc1)C1=CCCC=Cc2c1cnn2-c1ccc(F)cc1. The van der Waals surface area contributed by atoms with Gasteiger partial charge in [-0.15, -0.1) is 0 Å². The minimum atomic E-state index is -3.40. The second-order valence-corrected chi connectivity index (χ2v) is 11.9. The third kappa shape index (κ3) is 6.91. The molecule has 2 N–H and O–H groups in total. The van der Waals surface area contributed by atoms with Gasteiger partial charge in [0.25, 0.3) is 5.91 Å². The lowest BCUT2D eigenvalue weighted by Crippen LogP contribution is -2.36. The van der Waals surface area contributed by atoms with Crippen molar-refractivity contribution < 1.29 is 17.6 Å². The second-order valence-electron chi connectivity index (χ2n) is 10.1. The molecule has 39 heavy (non-hydrogen) atoms. The van der Waals surface area contributed by atoms with Crippen LogP contribution in [0.4, 0.5) is 4.39 Å². The molecule has 0 spiro atoms. The fraction of sp³-hybridized carbons (Fsp3) is 0.333. The van der Waals surface area contributed by atoms with Gasteiger partial charge in [0, 0.05) is 23.7 Å². The zero-order chi connectivity index (χ0) is 27.2. The molecule has 204 valence electrons. The van der Waals surface area contributed by atoms with Gasteiger partial charge in [-0.25, -0.2) is 22.2 Å². The van der Waals surface area contributed by atoms with Crippen LogP contribution in [0, 0.1) is 5.82 Å². The first-order chi connectivity index (χ1) is 18.9. The lowest BCUT2D eigenvalue weighted by molar-refractivity contribution is -0.115. The number of allylic oxidation sites excluding steroid dienone is 2. The molecule has 2 aliphatic carbocycles. The summed E-state index contributed by atoms with van der Waals surface area (Å²) < 4.78 is 43.2. The zero-order valence-electron chi connectivity index (χ0n) is 21.8. The van der Waals surface area contributed by atoms with Crippen molar-refractivity contribution >= 4 is 27.6 Å². The molecule has 1 saturated carbocycles. The minimum Gasteiger partial charge on any atom is -0.348 e. The summed E-state index contributed by atoms with van der Waals surface area (Å²) in [5, 5.41) is 7.46. The number of hydrogen-bond donors (Lipinski definition) is 2. The summed E-state index contributed by atoms with van der Waals surface area (Å²) in [6, 6.07) is 13.4. The lowest BCUT2D eigenvalue weighted by atomic mass is 9.96. The molecule has 0 aliphatic heterocycles. The average molecular weight is 549 g/mol. The number of carbonyl (C=O) groups is 1. The molecule has 2 aromatic carbocycles. The maximum Gasteiger partial charge on any atom is 0.251 e. The maximum absolute atomic E-state index is 13.4. The number of nitrogens with zero attached hydrogens (tertiary/aromatic N) is 2. The van der Waals surface area contributed by atoms with Crippen LogP contribution in [0.2, 0.25) is 0 Å². The van der Waals surface area contributed by atoms with Gasteiger partial charge >= 0.3 is 0 Å². The molecule has 3 aromatic rings. The Morgan fingerprint density at radius 1 is 0.974 bits per heavy atom. The number of amides is 1. The molecule has 1 heterocycles. The largest absolute Gasteiger partial charge is 0.348 e.